The summed E-state index contributed by atoms with van der Waals surface area (Å²) in [7, 11) is 0. The molecular formula is C39H40N4O8. The topological polar surface area (TPSA) is 173 Å². The Hall–Kier alpha value is -5.52. The normalized spacial score (nSPS) is 28.0. The number of carbonyl (C=O) groups excluding carboxylic acids is 4. The van der Waals surface area contributed by atoms with Gasteiger partial charge >= 0.3 is 11.9 Å². The smallest absolute Gasteiger partial charge is 0.308 e. The van der Waals surface area contributed by atoms with Crippen molar-refractivity contribution in [2.45, 2.75) is 43.2 Å². The van der Waals surface area contributed by atoms with E-state index in [0.717, 1.165) is 24.0 Å². The van der Waals surface area contributed by atoms with Crippen LogP contribution >= 0.6 is 0 Å². The molecule has 12 nitrogen and oxygen atoms in total. The molecular weight excluding hydrogens is 652 g/mol. The number of benzene rings is 3. The van der Waals surface area contributed by atoms with Gasteiger partial charge in [0.25, 0.3) is 11.8 Å². The number of likely N-dealkylation sites (tertiary alicyclic amines) is 2. The van der Waals surface area contributed by atoms with Crippen molar-refractivity contribution in [1.82, 2.24) is 20.4 Å². The second-order valence-electron chi connectivity index (χ2n) is 14.3. The van der Waals surface area contributed by atoms with E-state index in [9.17, 15) is 39.0 Å². The molecule has 264 valence electrons. The summed E-state index contributed by atoms with van der Waals surface area (Å²) in [5.41, 5.74) is 2.74. The Kier molecular flexibility index (Phi) is 9.33. The molecule has 2 saturated carbocycles. The SMILES string of the molecule is O=C(O)[C@@H]1C[C@@H](C(=O)O)CN(C(=O)c2ccc(C(=O)N3C[C@@H](C(=O)N[C@H]4C[C@@H]4c4ccccc4)[C@H](C(=O)N[C@H]4C[C@@H]4c4ccccc4)C3)cc2)C1. The number of aliphatic carboxylic acids is 2. The Labute approximate surface area is 294 Å². The highest BCUT2D eigenvalue weighted by Crippen LogP contribution is 2.42. The number of carboxylic acids is 2. The van der Waals surface area contributed by atoms with Crippen LogP contribution in [-0.2, 0) is 19.2 Å². The van der Waals surface area contributed by atoms with Gasteiger partial charge < -0.3 is 30.6 Å². The quantitative estimate of drug-likeness (QED) is 0.251. The Balaban J connectivity index is 1.03. The average molecular weight is 693 g/mol. The molecule has 3 aromatic rings. The van der Waals surface area contributed by atoms with Crippen molar-refractivity contribution in [2.24, 2.45) is 23.7 Å². The van der Waals surface area contributed by atoms with Crippen LogP contribution in [0.1, 0.15) is 62.9 Å². The standard InChI is InChI=1S/C39H40N4O8/c44-34(40-32-16-28(32)22-7-3-1-4-8-22)30-20-43(21-31(30)35(45)41-33-17-29(33)23-9-5-2-6-10-23)37(47)25-13-11-24(12-14-25)36(46)42-18-26(38(48)49)15-27(19-42)39(50)51/h1-14,26-33H,15-21H2,(H,40,44)(H,41,45)(H,48,49)(H,50,51)/t26-,27-,28-,29-,30-,31-,32+,33+/m1/s1. The summed E-state index contributed by atoms with van der Waals surface area (Å²) >= 11 is 0. The van der Waals surface area contributed by atoms with Gasteiger partial charge in [0.2, 0.25) is 11.8 Å². The fourth-order valence-corrected chi connectivity index (χ4v) is 7.67. The van der Waals surface area contributed by atoms with Crippen molar-refractivity contribution in [3.05, 3.63) is 107 Å². The molecule has 2 aliphatic heterocycles. The lowest BCUT2D eigenvalue weighted by Crippen LogP contribution is -2.48. The fraction of sp³-hybridized carbons (Fsp3) is 0.385. The van der Waals surface area contributed by atoms with Gasteiger partial charge in [-0.3, -0.25) is 28.8 Å². The first-order valence-electron chi connectivity index (χ1n) is 17.4. The Morgan fingerprint density at radius 2 is 0.882 bits per heavy atom. The zero-order valence-electron chi connectivity index (χ0n) is 27.9. The van der Waals surface area contributed by atoms with E-state index >= 15 is 0 Å². The molecule has 2 heterocycles. The van der Waals surface area contributed by atoms with Crippen LogP contribution in [0.4, 0.5) is 0 Å². The second kappa shape index (κ2) is 14.0. The third-order valence-electron chi connectivity index (χ3n) is 10.8. The van der Waals surface area contributed by atoms with Crippen LogP contribution in [0.25, 0.3) is 0 Å². The lowest BCUT2D eigenvalue weighted by molar-refractivity contribution is -0.149. The number of rotatable bonds is 10. The largest absolute Gasteiger partial charge is 0.481 e. The second-order valence-corrected chi connectivity index (χ2v) is 14.3. The zero-order chi connectivity index (χ0) is 35.8. The van der Waals surface area contributed by atoms with Crippen LogP contribution in [0.3, 0.4) is 0 Å². The Morgan fingerprint density at radius 1 is 0.510 bits per heavy atom. The van der Waals surface area contributed by atoms with E-state index in [2.05, 4.69) is 10.6 Å². The minimum absolute atomic E-state index is 0.0409. The molecule has 8 atom stereocenters. The summed E-state index contributed by atoms with van der Waals surface area (Å²) in [6, 6.07) is 25.7. The molecule has 4 N–H and O–H groups in total. The summed E-state index contributed by atoms with van der Waals surface area (Å²) in [5.74, 6) is -6.83. The first-order valence-corrected chi connectivity index (χ1v) is 17.4. The maximum atomic E-state index is 13.8. The van der Waals surface area contributed by atoms with Gasteiger partial charge in [0.1, 0.15) is 0 Å². The van der Waals surface area contributed by atoms with Gasteiger partial charge in [0, 0.05) is 61.2 Å². The van der Waals surface area contributed by atoms with Crippen LogP contribution in [0.2, 0.25) is 0 Å². The van der Waals surface area contributed by atoms with Crippen LogP contribution in [0, 0.1) is 23.7 Å². The molecule has 2 saturated heterocycles. The van der Waals surface area contributed by atoms with E-state index in [0.29, 0.717) is 0 Å². The maximum Gasteiger partial charge on any atom is 0.308 e. The molecule has 4 amide bonds. The van der Waals surface area contributed by atoms with Crippen molar-refractivity contribution < 1.29 is 39.0 Å². The maximum absolute atomic E-state index is 13.8. The molecule has 7 rings (SSSR count). The summed E-state index contributed by atoms with van der Waals surface area (Å²) in [5, 5.41) is 25.3. The van der Waals surface area contributed by atoms with Crippen LogP contribution < -0.4 is 10.6 Å². The van der Waals surface area contributed by atoms with E-state index < -0.39 is 41.5 Å². The van der Waals surface area contributed by atoms with Crippen molar-refractivity contribution in [2.75, 3.05) is 26.2 Å². The van der Waals surface area contributed by atoms with Crippen molar-refractivity contribution in [3.8, 4) is 0 Å². The van der Waals surface area contributed by atoms with E-state index in [1.165, 1.54) is 34.1 Å². The summed E-state index contributed by atoms with van der Waals surface area (Å²) in [6.07, 6.45) is 1.55. The summed E-state index contributed by atoms with van der Waals surface area (Å²) < 4.78 is 0. The van der Waals surface area contributed by atoms with E-state index in [1.807, 2.05) is 60.7 Å². The molecule has 51 heavy (non-hydrogen) atoms. The summed E-state index contributed by atoms with van der Waals surface area (Å²) in [4.78, 5) is 80.5. The number of nitrogens with one attached hydrogen (secondary N) is 2. The van der Waals surface area contributed by atoms with E-state index in [-0.39, 0.29) is 85.4 Å². The minimum Gasteiger partial charge on any atom is -0.481 e. The van der Waals surface area contributed by atoms with Crippen LogP contribution in [0.5, 0.6) is 0 Å². The number of nitrogens with zero attached hydrogens (tertiary/aromatic N) is 2. The predicted octanol–water partition coefficient (Wildman–Crippen LogP) is 2.97. The Bertz CT molecular complexity index is 1740. The van der Waals surface area contributed by atoms with Gasteiger partial charge in [-0.25, -0.2) is 0 Å². The average Bonchev–Trinajstić information content (AvgIpc) is 4.06. The molecule has 0 unspecified atom stereocenters. The Morgan fingerprint density at radius 3 is 1.25 bits per heavy atom. The molecule has 3 aromatic carbocycles. The van der Waals surface area contributed by atoms with E-state index in [4.69, 9.17) is 0 Å². The highest BCUT2D eigenvalue weighted by Gasteiger charge is 2.49. The molecule has 0 bridgehead atoms. The molecule has 2 aliphatic carbocycles. The van der Waals surface area contributed by atoms with Gasteiger partial charge in [-0.1, -0.05) is 60.7 Å². The lowest BCUT2D eigenvalue weighted by atomic mass is 9.89. The highest BCUT2D eigenvalue weighted by atomic mass is 16.4. The number of hydrogen-bond acceptors (Lipinski definition) is 6. The third kappa shape index (κ3) is 7.35. The van der Waals surface area contributed by atoms with Crippen molar-refractivity contribution >= 4 is 35.6 Å². The minimum atomic E-state index is -1.16. The fourth-order valence-electron chi connectivity index (χ4n) is 7.67. The molecule has 4 fully saturated rings. The summed E-state index contributed by atoms with van der Waals surface area (Å²) in [6.45, 7) is -0.113. The zero-order valence-corrected chi connectivity index (χ0v) is 27.9. The molecule has 0 aromatic heterocycles. The first-order chi connectivity index (χ1) is 24.6. The van der Waals surface area contributed by atoms with Crippen LogP contribution in [0.15, 0.2) is 84.9 Å². The highest BCUT2D eigenvalue weighted by molar-refractivity contribution is 5.99. The first kappa shape index (κ1) is 34.0. The van der Waals surface area contributed by atoms with E-state index in [1.54, 1.807) is 0 Å². The molecule has 4 aliphatic rings. The van der Waals surface area contributed by atoms with Crippen molar-refractivity contribution in [3.63, 3.8) is 0 Å². The number of amides is 4. The van der Waals surface area contributed by atoms with Gasteiger partial charge in [-0.05, 0) is 54.7 Å². The van der Waals surface area contributed by atoms with Gasteiger partial charge in [0.05, 0.1) is 23.7 Å². The molecule has 12 heteroatoms. The monoisotopic (exact) mass is 692 g/mol. The van der Waals surface area contributed by atoms with Gasteiger partial charge in [0.15, 0.2) is 0 Å². The number of hydrogen-bond donors (Lipinski definition) is 4. The number of carboxylic acid groups (broad SMARTS) is 2. The number of piperidine rings is 1. The van der Waals surface area contributed by atoms with Gasteiger partial charge in [-0.15, -0.1) is 0 Å². The third-order valence-corrected chi connectivity index (χ3v) is 10.8. The van der Waals surface area contributed by atoms with Gasteiger partial charge in [-0.2, -0.15) is 0 Å². The lowest BCUT2D eigenvalue weighted by Gasteiger charge is -2.34. The number of carbonyl (C=O) groups is 6. The van der Waals surface area contributed by atoms with Crippen LogP contribution in [-0.4, -0.2) is 93.8 Å². The van der Waals surface area contributed by atoms with Crippen molar-refractivity contribution in [1.29, 1.82) is 0 Å². The molecule has 0 spiro atoms. The molecule has 0 radical (unpaired) electrons. The predicted molar refractivity (Wildman–Crippen MR) is 184 cm³/mol.